The van der Waals surface area contributed by atoms with Gasteiger partial charge in [0, 0.05) is 29.1 Å². The van der Waals surface area contributed by atoms with Crippen LogP contribution in [0, 0.1) is 6.92 Å². The maximum atomic E-state index is 14.6. The van der Waals surface area contributed by atoms with Crippen molar-refractivity contribution in [3.8, 4) is 5.75 Å². The molecule has 8 nitrogen and oxygen atoms in total. The van der Waals surface area contributed by atoms with Crippen molar-refractivity contribution < 1.29 is 22.7 Å². The molecule has 0 aliphatic heterocycles. The summed E-state index contributed by atoms with van der Waals surface area (Å²) < 4.78 is 35.2. The summed E-state index contributed by atoms with van der Waals surface area (Å²) in [5.74, 6) is -0.742. The molecule has 248 valence electrons. The fourth-order valence-corrected chi connectivity index (χ4v) is 6.70. The molecule has 4 rings (SSSR count). The van der Waals surface area contributed by atoms with Crippen molar-refractivity contribution in [3.63, 3.8) is 0 Å². The number of hydrogen-bond acceptors (Lipinski definition) is 5. The van der Waals surface area contributed by atoms with Crippen molar-refractivity contribution in [2.75, 3.05) is 18.0 Å². The van der Waals surface area contributed by atoms with Gasteiger partial charge in [0.1, 0.15) is 18.3 Å². The maximum absolute atomic E-state index is 14.6. The summed E-state index contributed by atoms with van der Waals surface area (Å²) in [4.78, 5) is 30.0. The molecule has 0 spiro atoms. The SMILES string of the molecule is CC[C@H](C)NC(=O)[C@@H](Cc1ccccc1)N(Cc1ccc(Cl)cc1)C(=O)CN(c1cc(Cl)ccc1OC)S(=O)(=O)c1ccc(C)cc1. The van der Waals surface area contributed by atoms with Gasteiger partial charge in [0.15, 0.2) is 0 Å². The molecule has 0 heterocycles. The smallest absolute Gasteiger partial charge is 0.264 e. The van der Waals surface area contributed by atoms with Crippen LogP contribution >= 0.6 is 23.2 Å². The number of nitrogens with zero attached hydrogens (tertiary/aromatic N) is 2. The number of sulfonamides is 1. The summed E-state index contributed by atoms with van der Waals surface area (Å²) in [6.07, 6.45) is 0.889. The van der Waals surface area contributed by atoms with E-state index < -0.39 is 28.5 Å². The van der Waals surface area contributed by atoms with Gasteiger partial charge in [-0.05, 0) is 73.9 Å². The highest BCUT2D eigenvalue weighted by molar-refractivity contribution is 7.92. The molecule has 0 saturated heterocycles. The Kier molecular flexibility index (Phi) is 12.3. The first-order chi connectivity index (χ1) is 22.4. The van der Waals surface area contributed by atoms with Crippen LogP contribution in [0.15, 0.2) is 102 Å². The second kappa shape index (κ2) is 16.2. The molecule has 0 aliphatic carbocycles. The van der Waals surface area contributed by atoms with Crippen LogP contribution in [-0.2, 0) is 32.6 Å². The Labute approximate surface area is 287 Å². The van der Waals surface area contributed by atoms with Crippen molar-refractivity contribution in [3.05, 3.63) is 124 Å². The Morgan fingerprint density at radius 3 is 2.13 bits per heavy atom. The molecule has 4 aromatic carbocycles. The summed E-state index contributed by atoms with van der Waals surface area (Å²) in [5.41, 5.74) is 2.51. The van der Waals surface area contributed by atoms with Crippen LogP contribution in [0.2, 0.25) is 10.0 Å². The summed E-state index contributed by atoms with van der Waals surface area (Å²) in [6.45, 7) is 5.09. The molecule has 2 amide bonds. The molecule has 1 N–H and O–H groups in total. The lowest BCUT2D eigenvalue weighted by Gasteiger charge is -2.34. The van der Waals surface area contributed by atoms with Crippen molar-refractivity contribution in [2.24, 2.45) is 0 Å². The number of ether oxygens (including phenoxy) is 1. The number of benzene rings is 4. The van der Waals surface area contributed by atoms with E-state index in [1.54, 1.807) is 48.5 Å². The molecule has 47 heavy (non-hydrogen) atoms. The summed E-state index contributed by atoms with van der Waals surface area (Å²) in [6, 6.07) is 26.1. The second-order valence-corrected chi connectivity index (χ2v) is 14.0. The zero-order chi connectivity index (χ0) is 34.1. The lowest BCUT2D eigenvalue weighted by molar-refractivity contribution is -0.140. The molecule has 0 bridgehead atoms. The predicted molar refractivity (Wildman–Crippen MR) is 188 cm³/mol. The minimum Gasteiger partial charge on any atom is -0.495 e. The van der Waals surface area contributed by atoms with Crippen molar-refractivity contribution in [1.29, 1.82) is 0 Å². The van der Waals surface area contributed by atoms with Gasteiger partial charge in [0.25, 0.3) is 10.0 Å². The number of nitrogens with one attached hydrogen (secondary N) is 1. The standard InChI is InChI=1S/C36H39Cl2N3O5S/c1-5-26(3)39-36(43)33(21-27-9-7-6-8-10-27)40(23-28-13-15-29(37)16-14-28)35(42)24-41(32-22-30(38)17-20-34(32)46-4)47(44,45)31-18-11-25(2)12-19-31/h6-20,22,26,33H,5,21,23-24H2,1-4H3,(H,39,43)/t26-,33+/m0/s1. The van der Waals surface area contributed by atoms with Crippen LogP contribution in [0.1, 0.15) is 37.0 Å². The van der Waals surface area contributed by atoms with Crippen LogP contribution in [-0.4, -0.2) is 50.9 Å². The van der Waals surface area contributed by atoms with Gasteiger partial charge in [-0.2, -0.15) is 0 Å². The molecular weight excluding hydrogens is 657 g/mol. The molecule has 4 aromatic rings. The van der Waals surface area contributed by atoms with E-state index in [-0.39, 0.29) is 46.3 Å². The quantitative estimate of drug-likeness (QED) is 0.152. The largest absolute Gasteiger partial charge is 0.495 e. The average molecular weight is 697 g/mol. The summed E-state index contributed by atoms with van der Waals surface area (Å²) >= 11 is 12.5. The molecule has 0 aromatic heterocycles. The number of methoxy groups -OCH3 is 1. The van der Waals surface area contributed by atoms with Gasteiger partial charge in [-0.15, -0.1) is 0 Å². The van der Waals surface area contributed by atoms with Crippen molar-refractivity contribution >= 4 is 50.7 Å². The van der Waals surface area contributed by atoms with E-state index in [1.165, 1.54) is 30.2 Å². The molecule has 0 saturated carbocycles. The Hall–Kier alpha value is -4.05. The molecule has 0 unspecified atom stereocenters. The van der Waals surface area contributed by atoms with Gasteiger partial charge >= 0.3 is 0 Å². The molecular formula is C36H39Cl2N3O5S. The second-order valence-electron chi connectivity index (χ2n) is 11.3. The average Bonchev–Trinajstić information content (AvgIpc) is 3.06. The number of hydrogen-bond donors (Lipinski definition) is 1. The van der Waals surface area contributed by atoms with Gasteiger partial charge in [-0.3, -0.25) is 13.9 Å². The van der Waals surface area contributed by atoms with Gasteiger partial charge < -0.3 is 15.0 Å². The highest BCUT2D eigenvalue weighted by Crippen LogP contribution is 2.35. The monoisotopic (exact) mass is 695 g/mol. The van der Waals surface area contributed by atoms with Crippen LogP contribution in [0.25, 0.3) is 0 Å². The van der Waals surface area contributed by atoms with Crippen LogP contribution < -0.4 is 14.4 Å². The lowest BCUT2D eigenvalue weighted by atomic mass is 10.0. The number of amides is 2. The number of rotatable bonds is 14. The first-order valence-corrected chi connectivity index (χ1v) is 17.4. The predicted octanol–water partition coefficient (Wildman–Crippen LogP) is 7.06. The topological polar surface area (TPSA) is 96.0 Å². The minimum absolute atomic E-state index is 0.0162. The van der Waals surface area contributed by atoms with Crippen molar-refractivity contribution in [2.45, 2.75) is 57.1 Å². The summed E-state index contributed by atoms with van der Waals surface area (Å²) in [5, 5.41) is 3.80. The Balaban J connectivity index is 1.85. The van der Waals surface area contributed by atoms with Crippen LogP contribution in [0.4, 0.5) is 5.69 Å². The number of aryl methyl sites for hydroxylation is 1. The fraction of sp³-hybridized carbons (Fsp3) is 0.278. The normalized spacial score (nSPS) is 12.6. The number of carbonyl (C=O) groups is 2. The van der Waals surface area contributed by atoms with Crippen LogP contribution in [0.3, 0.4) is 0 Å². The van der Waals surface area contributed by atoms with Gasteiger partial charge in [0.05, 0.1) is 17.7 Å². The zero-order valence-electron chi connectivity index (χ0n) is 26.8. The minimum atomic E-state index is -4.33. The highest BCUT2D eigenvalue weighted by Gasteiger charge is 2.36. The lowest BCUT2D eigenvalue weighted by Crippen LogP contribution is -2.54. The maximum Gasteiger partial charge on any atom is 0.264 e. The van der Waals surface area contributed by atoms with E-state index in [0.717, 1.165) is 15.4 Å². The zero-order valence-corrected chi connectivity index (χ0v) is 29.1. The third-order valence-corrected chi connectivity index (χ3v) is 10.1. The van der Waals surface area contributed by atoms with Crippen LogP contribution in [0.5, 0.6) is 5.75 Å². The number of anilines is 1. The molecule has 11 heteroatoms. The fourth-order valence-electron chi connectivity index (χ4n) is 4.99. The Bertz CT molecular complexity index is 1770. The van der Waals surface area contributed by atoms with E-state index in [4.69, 9.17) is 27.9 Å². The van der Waals surface area contributed by atoms with E-state index >= 15 is 0 Å². The van der Waals surface area contributed by atoms with Crippen molar-refractivity contribution in [1.82, 2.24) is 10.2 Å². The van der Waals surface area contributed by atoms with E-state index in [9.17, 15) is 18.0 Å². The van der Waals surface area contributed by atoms with E-state index in [0.29, 0.717) is 17.0 Å². The Morgan fingerprint density at radius 1 is 0.872 bits per heavy atom. The molecule has 2 atom stereocenters. The molecule has 0 fully saturated rings. The summed E-state index contributed by atoms with van der Waals surface area (Å²) in [7, 11) is -2.92. The first kappa shape index (κ1) is 35.8. The number of halogens is 2. The van der Waals surface area contributed by atoms with Gasteiger partial charge in [-0.1, -0.05) is 90.3 Å². The van der Waals surface area contributed by atoms with Gasteiger partial charge in [-0.25, -0.2) is 8.42 Å². The number of carbonyl (C=O) groups excluding carboxylic acids is 2. The Morgan fingerprint density at radius 2 is 1.51 bits per heavy atom. The van der Waals surface area contributed by atoms with E-state index in [1.807, 2.05) is 51.1 Å². The molecule has 0 radical (unpaired) electrons. The first-order valence-electron chi connectivity index (χ1n) is 15.2. The third kappa shape index (κ3) is 9.28. The highest BCUT2D eigenvalue weighted by atomic mass is 35.5. The van der Waals surface area contributed by atoms with E-state index in [2.05, 4.69) is 5.32 Å². The third-order valence-electron chi connectivity index (χ3n) is 7.84. The molecule has 0 aliphatic rings. The van der Waals surface area contributed by atoms with Gasteiger partial charge in [0.2, 0.25) is 11.8 Å².